The number of hydrogen-bond donors (Lipinski definition) is 1. The van der Waals surface area contributed by atoms with Crippen molar-refractivity contribution in [3.8, 4) is 5.69 Å². The maximum absolute atomic E-state index is 4.33. The van der Waals surface area contributed by atoms with Crippen LogP contribution in [0.15, 0.2) is 41.3 Å². The molecule has 1 fully saturated rings. The fourth-order valence-corrected chi connectivity index (χ4v) is 3.04. The molecule has 94 valence electrons. The molecule has 1 aromatic heterocycles. The van der Waals surface area contributed by atoms with Gasteiger partial charge in [-0.2, -0.15) is 0 Å². The van der Waals surface area contributed by atoms with Gasteiger partial charge in [-0.3, -0.25) is 0 Å². The Kier molecular flexibility index (Phi) is 3.48. The van der Waals surface area contributed by atoms with Gasteiger partial charge in [-0.05, 0) is 47.4 Å². The van der Waals surface area contributed by atoms with Crippen molar-refractivity contribution in [2.75, 3.05) is 13.1 Å². The van der Waals surface area contributed by atoms with E-state index in [1.165, 1.54) is 18.5 Å². The van der Waals surface area contributed by atoms with Crippen molar-refractivity contribution < 1.29 is 0 Å². The van der Waals surface area contributed by atoms with Gasteiger partial charge in [0.2, 0.25) is 0 Å². The zero-order valence-corrected chi connectivity index (χ0v) is 11.7. The minimum atomic E-state index is 0.563. The highest BCUT2D eigenvalue weighted by Crippen LogP contribution is 2.28. The Morgan fingerprint density at radius 2 is 2.22 bits per heavy atom. The second-order valence-electron chi connectivity index (χ2n) is 4.68. The number of aromatic nitrogens is 2. The van der Waals surface area contributed by atoms with Gasteiger partial charge in [0.1, 0.15) is 0 Å². The van der Waals surface area contributed by atoms with Crippen LogP contribution in [0.3, 0.4) is 0 Å². The van der Waals surface area contributed by atoms with Gasteiger partial charge in [-0.15, -0.1) is 0 Å². The molecule has 4 heteroatoms. The van der Waals surface area contributed by atoms with Crippen molar-refractivity contribution in [3.05, 3.63) is 47.0 Å². The van der Waals surface area contributed by atoms with Gasteiger partial charge < -0.3 is 9.88 Å². The van der Waals surface area contributed by atoms with E-state index >= 15 is 0 Å². The Morgan fingerprint density at radius 3 is 3.00 bits per heavy atom. The molecule has 1 aliphatic rings. The molecule has 1 saturated heterocycles. The molecule has 1 atom stereocenters. The Morgan fingerprint density at radius 1 is 1.33 bits per heavy atom. The van der Waals surface area contributed by atoms with E-state index in [-0.39, 0.29) is 0 Å². The van der Waals surface area contributed by atoms with E-state index in [0.717, 1.165) is 23.2 Å². The van der Waals surface area contributed by atoms with Crippen molar-refractivity contribution in [3.63, 3.8) is 0 Å². The second kappa shape index (κ2) is 5.24. The van der Waals surface area contributed by atoms with Crippen LogP contribution in [0.4, 0.5) is 0 Å². The maximum atomic E-state index is 4.33. The van der Waals surface area contributed by atoms with E-state index < -0.39 is 0 Å². The minimum absolute atomic E-state index is 0.563. The zero-order chi connectivity index (χ0) is 12.4. The Labute approximate surface area is 115 Å². The Balaban J connectivity index is 1.98. The van der Waals surface area contributed by atoms with Gasteiger partial charge in [0.05, 0.1) is 12.0 Å². The van der Waals surface area contributed by atoms with Gasteiger partial charge in [0, 0.05) is 28.8 Å². The summed E-state index contributed by atoms with van der Waals surface area (Å²) in [5, 5.41) is 3.46. The lowest BCUT2D eigenvalue weighted by Gasteiger charge is -2.24. The van der Waals surface area contributed by atoms with E-state index in [4.69, 9.17) is 0 Å². The van der Waals surface area contributed by atoms with Crippen LogP contribution in [-0.4, -0.2) is 22.6 Å². The number of halogens is 1. The van der Waals surface area contributed by atoms with Crippen LogP contribution in [0.2, 0.25) is 0 Å². The smallest absolute Gasteiger partial charge is 0.0994 e. The zero-order valence-electron chi connectivity index (χ0n) is 10.1. The molecule has 2 heterocycles. The Hall–Kier alpha value is -1.13. The molecular formula is C14H16BrN3. The third-order valence-electron chi connectivity index (χ3n) is 3.49. The lowest BCUT2D eigenvalue weighted by molar-refractivity contribution is 0.451. The molecule has 1 aliphatic heterocycles. The van der Waals surface area contributed by atoms with E-state index in [0.29, 0.717) is 5.92 Å². The van der Waals surface area contributed by atoms with Gasteiger partial charge in [0.15, 0.2) is 0 Å². The lowest BCUT2D eigenvalue weighted by Crippen LogP contribution is -2.29. The monoisotopic (exact) mass is 305 g/mol. The molecule has 0 radical (unpaired) electrons. The molecular weight excluding hydrogens is 290 g/mol. The summed E-state index contributed by atoms with van der Waals surface area (Å²) < 4.78 is 3.30. The van der Waals surface area contributed by atoms with Gasteiger partial charge in [-0.25, -0.2) is 4.98 Å². The topological polar surface area (TPSA) is 29.9 Å². The number of imidazole rings is 1. The van der Waals surface area contributed by atoms with Crippen LogP contribution in [0.1, 0.15) is 24.5 Å². The normalized spacial score (nSPS) is 19.9. The second-order valence-corrected chi connectivity index (χ2v) is 5.54. The summed E-state index contributed by atoms with van der Waals surface area (Å²) in [6.07, 6.45) is 6.39. The van der Waals surface area contributed by atoms with Crippen molar-refractivity contribution in [1.29, 1.82) is 0 Å². The predicted octanol–water partition coefficient (Wildman–Crippen LogP) is 3.10. The first kappa shape index (κ1) is 11.9. The number of piperidine rings is 1. The van der Waals surface area contributed by atoms with Crippen LogP contribution >= 0.6 is 15.9 Å². The maximum Gasteiger partial charge on any atom is 0.0994 e. The number of rotatable bonds is 2. The van der Waals surface area contributed by atoms with E-state index in [1.807, 2.05) is 18.6 Å². The van der Waals surface area contributed by atoms with Crippen LogP contribution in [-0.2, 0) is 0 Å². The van der Waals surface area contributed by atoms with Gasteiger partial charge >= 0.3 is 0 Å². The summed E-state index contributed by atoms with van der Waals surface area (Å²) >= 11 is 3.61. The third kappa shape index (κ3) is 2.22. The third-order valence-corrected chi connectivity index (χ3v) is 4.16. The first-order valence-corrected chi connectivity index (χ1v) is 7.13. The predicted molar refractivity (Wildman–Crippen MR) is 76.1 cm³/mol. The highest BCUT2D eigenvalue weighted by molar-refractivity contribution is 9.10. The van der Waals surface area contributed by atoms with Gasteiger partial charge in [-0.1, -0.05) is 12.1 Å². The molecule has 3 rings (SSSR count). The summed E-state index contributed by atoms with van der Waals surface area (Å²) in [6.45, 7) is 2.19. The molecule has 0 amide bonds. The van der Waals surface area contributed by atoms with Crippen LogP contribution in [0.5, 0.6) is 0 Å². The largest absolute Gasteiger partial charge is 0.316 e. The molecule has 2 aromatic rings. The lowest BCUT2D eigenvalue weighted by atomic mass is 9.96. The van der Waals surface area contributed by atoms with E-state index in [9.17, 15) is 0 Å². The standard InChI is InChI=1S/C14H16BrN3/c15-12-5-1-2-6-13(12)18-10-17-9-14(18)11-4-3-7-16-8-11/h1-2,5-6,9-11,16H,3-4,7-8H2. The van der Waals surface area contributed by atoms with Gasteiger partial charge in [0.25, 0.3) is 0 Å². The summed E-state index contributed by atoms with van der Waals surface area (Å²) in [5.74, 6) is 0.563. The fourth-order valence-electron chi connectivity index (χ4n) is 2.56. The molecule has 0 saturated carbocycles. The summed E-state index contributed by atoms with van der Waals surface area (Å²) in [6, 6.07) is 8.28. The Bertz CT molecular complexity index is 529. The number of hydrogen-bond acceptors (Lipinski definition) is 2. The van der Waals surface area contributed by atoms with Crippen molar-refractivity contribution in [1.82, 2.24) is 14.9 Å². The van der Waals surface area contributed by atoms with Crippen molar-refractivity contribution in [2.24, 2.45) is 0 Å². The van der Waals surface area contributed by atoms with Crippen molar-refractivity contribution in [2.45, 2.75) is 18.8 Å². The molecule has 0 bridgehead atoms. The summed E-state index contributed by atoms with van der Waals surface area (Å²) in [4.78, 5) is 4.33. The minimum Gasteiger partial charge on any atom is -0.316 e. The number of benzene rings is 1. The molecule has 1 unspecified atom stereocenters. The SMILES string of the molecule is Brc1ccccc1-n1cncc1C1CCCNC1. The van der Waals surface area contributed by atoms with E-state index in [1.54, 1.807) is 0 Å². The molecule has 3 nitrogen and oxygen atoms in total. The van der Waals surface area contributed by atoms with Crippen molar-refractivity contribution >= 4 is 15.9 Å². The van der Waals surface area contributed by atoms with Crippen LogP contribution < -0.4 is 5.32 Å². The first-order chi connectivity index (χ1) is 8.86. The average molecular weight is 306 g/mol. The first-order valence-electron chi connectivity index (χ1n) is 6.34. The molecule has 18 heavy (non-hydrogen) atoms. The average Bonchev–Trinajstić information content (AvgIpc) is 2.89. The highest BCUT2D eigenvalue weighted by Gasteiger charge is 2.19. The number of para-hydroxylation sites is 1. The quantitative estimate of drug-likeness (QED) is 0.924. The summed E-state index contributed by atoms with van der Waals surface area (Å²) in [7, 11) is 0. The van der Waals surface area contributed by atoms with Crippen LogP contribution in [0.25, 0.3) is 5.69 Å². The molecule has 1 aromatic carbocycles. The molecule has 1 N–H and O–H groups in total. The molecule has 0 aliphatic carbocycles. The number of nitrogens with one attached hydrogen (secondary N) is 1. The highest BCUT2D eigenvalue weighted by atomic mass is 79.9. The fraction of sp³-hybridized carbons (Fsp3) is 0.357. The number of nitrogens with zero attached hydrogens (tertiary/aromatic N) is 2. The summed E-state index contributed by atoms with van der Waals surface area (Å²) in [5.41, 5.74) is 2.46. The molecule has 0 spiro atoms. The van der Waals surface area contributed by atoms with Crippen LogP contribution in [0, 0.1) is 0 Å². The van der Waals surface area contributed by atoms with E-state index in [2.05, 4.69) is 49.0 Å².